The van der Waals surface area contributed by atoms with Crippen molar-refractivity contribution in [2.45, 2.75) is 45.2 Å². The number of carbonyl (C=O) groups excluding carboxylic acids is 2. The topological polar surface area (TPSA) is 61.4 Å². The van der Waals surface area contributed by atoms with Crippen LogP contribution in [-0.4, -0.2) is 37.0 Å². The van der Waals surface area contributed by atoms with Crippen LogP contribution in [0.2, 0.25) is 0 Å². The van der Waals surface area contributed by atoms with E-state index in [1.165, 1.54) is 0 Å². The van der Waals surface area contributed by atoms with Crippen molar-refractivity contribution in [1.29, 1.82) is 0 Å². The highest BCUT2D eigenvalue weighted by atomic mass is 35.5. The van der Waals surface area contributed by atoms with Gasteiger partial charge in [0.1, 0.15) is 0 Å². The van der Waals surface area contributed by atoms with E-state index in [1.54, 1.807) is 4.90 Å². The Balaban J connectivity index is 0.00000208. The molecule has 0 radical (unpaired) electrons. The lowest BCUT2D eigenvalue weighted by molar-refractivity contribution is -0.127. The van der Waals surface area contributed by atoms with E-state index in [9.17, 15) is 9.59 Å². The number of halogens is 1. The molecule has 2 heterocycles. The van der Waals surface area contributed by atoms with Gasteiger partial charge < -0.3 is 15.5 Å². The zero-order valence-electron chi connectivity index (χ0n) is 14.2. The van der Waals surface area contributed by atoms with Crippen molar-refractivity contribution in [2.75, 3.05) is 18.0 Å². The lowest BCUT2D eigenvalue weighted by Crippen LogP contribution is -2.48. The first-order valence-electron chi connectivity index (χ1n) is 8.43. The molecular weight excluding hydrogens is 326 g/mol. The van der Waals surface area contributed by atoms with Crippen LogP contribution in [0, 0.1) is 12.8 Å². The molecule has 2 N–H and O–H groups in total. The van der Waals surface area contributed by atoms with Crippen molar-refractivity contribution >= 4 is 29.9 Å². The Morgan fingerprint density at radius 2 is 2.00 bits per heavy atom. The van der Waals surface area contributed by atoms with Gasteiger partial charge in [-0.05, 0) is 45.4 Å². The summed E-state index contributed by atoms with van der Waals surface area (Å²) in [4.78, 5) is 26.5. The maximum Gasteiger partial charge on any atom is 0.227 e. The summed E-state index contributed by atoms with van der Waals surface area (Å²) in [7, 11) is 0. The number of piperidine rings is 1. The molecule has 3 unspecified atom stereocenters. The van der Waals surface area contributed by atoms with Crippen LogP contribution in [0.25, 0.3) is 0 Å². The molecule has 132 valence electrons. The lowest BCUT2D eigenvalue weighted by atomic mass is 9.99. The number of carbonyl (C=O) groups is 2. The summed E-state index contributed by atoms with van der Waals surface area (Å²) in [6, 6.07) is 8.54. The fraction of sp³-hybridized carbons (Fsp3) is 0.556. The summed E-state index contributed by atoms with van der Waals surface area (Å²) >= 11 is 0. The average molecular weight is 352 g/mol. The molecule has 24 heavy (non-hydrogen) atoms. The second-order valence-electron chi connectivity index (χ2n) is 6.83. The van der Waals surface area contributed by atoms with Crippen LogP contribution in [0.5, 0.6) is 0 Å². The van der Waals surface area contributed by atoms with E-state index in [-0.39, 0.29) is 36.2 Å². The minimum atomic E-state index is -0.242. The molecule has 0 spiro atoms. The number of benzene rings is 1. The minimum Gasteiger partial charge on any atom is -0.353 e. The predicted molar refractivity (Wildman–Crippen MR) is 97.5 cm³/mol. The Hall–Kier alpha value is -1.59. The van der Waals surface area contributed by atoms with Gasteiger partial charge in [0, 0.05) is 30.7 Å². The van der Waals surface area contributed by atoms with Gasteiger partial charge in [-0.1, -0.05) is 17.7 Å². The number of hydrogen-bond donors (Lipinski definition) is 2. The Bertz CT molecular complexity index is 590. The highest BCUT2D eigenvalue weighted by Crippen LogP contribution is 2.25. The maximum atomic E-state index is 12.5. The molecular formula is C18H26ClN3O2. The van der Waals surface area contributed by atoms with Gasteiger partial charge in [0.15, 0.2) is 0 Å². The quantitative estimate of drug-likeness (QED) is 0.876. The highest BCUT2D eigenvalue weighted by Gasteiger charge is 2.36. The van der Waals surface area contributed by atoms with Gasteiger partial charge in [-0.3, -0.25) is 9.59 Å². The first-order chi connectivity index (χ1) is 11.0. The predicted octanol–water partition coefficient (Wildman–Crippen LogP) is 2.03. The molecule has 2 amide bonds. The van der Waals surface area contributed by atoms with Gasteiger partial charge in [-0.2, -0.15) is 0 Å². The zero-order chi connectivity index (χ0) is 16.4. The summed E-state index contributed by atoms with van der Waals surface area (Å²) in [6.45, 7) is 5.57. The monoisotopic (exact) mass is 351 g/mol. The zero-order valence-corrected chi connectivity index (χ0v) is 15.1. The molecule has 3 atom stereocenters. The van der Waals surface area contributed by atoms with E-state index >= 15 is 0 Å². The van der Waals surface area contributed by atoms with Gasteiger partial charge >= 0.3 is 0 Å². The van der Waals surface area contributed by atoms with E-state index in [0.717, 1.165) is 30.6 Å². The van der Waals surface area contributed by atoms with E-state index in [1.807, 2.05) is 31.2 Å². The minimum absolute atomic E-state index is 0. The molecule has 2 aliphatic heterocycles. The Morgan fingerprint density at radius 3 is 2.67 bits per heavy atom. The maximum absolute atomic E-state index is 12.5. The molecule has 3 rings (SSSR count). The molecule has 2 fully saturated rings. The molecule has 0 aliphatic carbocycles. The largest absolute Gasteiger partial charge is 0.353 e. The second-order valence-corrected chi connectivity index (χ2v) is 6.83. The smallest absolute Gasteiger partial charge is 0.227 e. The average Bonchev–Trinajstić information content (AvgIpc) is 2.90. The van der Waals surface area contributed by atoms with Gasteiger partial charge in [0.2, 0.25) is 11.8 Å². The fourth-order valence-electron chi connectivity index (χ4n) is 3.44. The molecule has 2 aliphatic rings. The Labute approximate surface area is 149 Å². The summed E-state index contributed by atoms with van der Waals surface area (Å²) in [5, 5.41) is 6.52. The summed E-state index contributed by atoms with van der Waals surface area (Å²) in [5.41, 5.74) is 2.04. The third kappa shape index (κ3) is 4.28. The highest BCUT2D eigenvalue weighted by molar-refractivity contribution is 6.00. The van der Waals surface area contributed by atoms with Crippen LogP contribution < -0.4 is 15.5 Å². The van der Waals surface area contributed by atoms with Crippen LogP contribution in [0.1, 0.15) is 31.7 Å². The van der Waals surface area contributed by atoms with Crippen LogP contribution in [0.15, 0.2) is 24.3 Å². The molecule has 2 saturated heterocycles. The number of nitrogens with zero attached hydrogens (tertiary/aromatic N) is 1. The first-order valence-corrected chi connectivity index (χ1v) is 8.43. The van der Waals surface area contributed by atoms with Crippen molar-refractivity contribution in [3.05, 3.63) is 29.8 Å². The number of amides is 2. The molecule has 0 saturated carbocycles. The summed E-state index contributed by atoms with van der Waals surface area (Å²) in [6.07, 6.45) is 2.22. The molecule has 6 heteroatoms. The Morgan fingerprint density at radius 1 is 1.29 bits per heavy atom. The van der Waals surface area contributed by atoms with E-state index in [2.05, 4.69) is 17.6 Å². The first kappa shape index (κ1) is 18.7. The second kappa shape index (κ2) is 7.99. The third-order valence-electron chi connectivity index (χ3n) is 4.81. The molecule has 5 nitrogen and oxygen atoms in total. The van der Waals surface area contributed by atoms with E-state index in [4.69, 9.17) is 0 Å². The van der Waals surface area contributed by atoms with Gasteiger partial charge in [0.05, 0.1) is 5.92 Å². The summed E-state index contributed by atoms with van der Waals surface area (Å²) < 4.78 is 0. The van der Waals surface area contributed by atoms with Gasteiger partial charge in [-0.15, -0.1) is 12.4 Å². The SMILES string of the molecule is Cc1ccc(N2CC(C(=O)NC3CCNC(C)C3)CC2=O)cc1.Cl. The molecule has 1 aromatic rings. The number of hydrogen-bond acceptors (Lipinski definition) is 3. The van der Waals surface area contributed by atoms with Crippen LogP contribution in [-0.2, 0) is 9.59 Å². The lowest BCUT2D eigenvalue weighted by Gasteiger charge is -2.29. The number of anilines is 1. The Kier molecular flexibility index (Phi) is 6.24. The molecule has 0 aromatic heterocycles. The standard InChI is InChI=1S/C18H25N3O2.ClH/c1-12-3-5-16(6-4-12)21-11-14(10-17(21)22)18(23)20-15-7-8-19-13(2)9-15;/h3-6,13-15,19H,7-11H2,1-2H3,(H,20,23);1H. The van der Waals surface area contributed by atoms with Crippen molar-refractivity contribution < 1.29 is 9.59 Å². The third-order valence-corrected chi connectivity index (χ3v) is 4.81. The van der Waals surface area contributed by atoms with Gasteiger partial charge in [0.25, 0.3) is 0 Å². The fourth-order valence-corrected chi connectivity index (χ4v) is 3.44. The normalized spacial score (nSPS) is 26.8. The van der Waals surface area contributed by atoms with Crippen LogP contribution in [0.4, 0.5) is 5.69 Å². The van der Waals surface area contributed by atoms with Crippen LogP contribution in [0.3, 0.4) is 0 Å². The number of rotatable bonds is 3. The van der Waals surface area contributed by atoms with Crippen LogP contribution >= 0.6 is 12.4 Å². The van der Waals surface area contributed by atoms with Crippen molar-refractivity contribution in [3.8, 4) is 0 Å². The number of nitrogens with one attached hydrogen (secondary N) is 2. The number of aryl methyl sites for hydroxylation is 1. The molecule has 1 aromatic carbocycles. The van der Waals surface area contributed by atoms with Crippen molar-refractivity contribution in [2.24, 2.45) is 5.92 Å². The van der Waals surface area contributed by atoms with Crippen molar-refractivity contribution in [3.63, 3.8) is 0 Å². The van der Waals surface area contributed by atoms with E-state index in [0.29, 0.717) is 19.0 Å². The molecule has 0 bridgehead atoms. The van der Waals surface area contributed by atoms with Gasteiger partial charge in [-0.25, -0.2) is 0 Å². The van der Waals surface area contributed by atoms with Crippen molar-refractivity contribution in [1.82, 2.24) is 10.6 Å². The summed E-state index contributed by atoms with van der Waals surface area (Å²) in [5.74, 6) is -0.186. The van der Waals surface area contributed by atoms with E-state index < -0.39 is 0 Å².